The van der Waals surface area contributed by atoms with Crippen LogP contribution in [0.5, 0.6) is 0 Å². The van der Waals surface area contributed by atoms with Crippen molar-refractivity contribution in [1.82, 2.24) is 9.47 Å². The number of methoxy groups -OCH3 is 1. The summed E-state index contributed by atoms with van der Waals surface area (Å²) in [6, 6.07) is 5.97. The fraction of sp³-hybridized carbons (Fsp3) is 0.471. The van der Waals surface area contributed by atoms with E-state index in [0.29, 0.717) is 13.2 Å². The SMILES string of the molecule is CCN(C)C(=O)c1ccc2c(c1)c(C)c(C)n2CCOC. The van der Waals surface area contributed by atoms with Gasteiger partial charge in [-0.1, -0.05) is 0 Å². The van der Waals surface area contributed by atoms with E-state index in [1.165, 1.54) is 11.3 Å². The Hall–Kier alpha value is -1.81. The maximum absolute atomic E-state index is 12.3. The van der Waals surface area contributed by atoms with Crippen LogP contribution in [-0.2, 0) is 11.3 Å². The van der Waals surface area contributed by atoms with E-state index in [9.17, 15) is 4.79 Å². The van der Waals surface area contributed by atoms with E-state index >= 15 is 0 Å². The molecule has 1 aromatic carbocycles. The van der Waals surface area contributed by atoms with Gasteiger partial charge in [0.25, 0.3) is 5.91 Å². The number of amides is 1. The largest absolute Gasteiger partial charge is 0.383 e. The topological polar surface area (TPSA) is 34.5 Å². The number of nitrogens with zero attached hydrogens (tertiary/aromatic N) is 2. The van der Waals surface area contributed by atoms with E-state index in [2.05, 4.69) is 18.4 Å². The standard InChI is InChI=1S/C17H24N2O2/c1-6-18(4)17(20)14-7-8-16-15(11-14)12(2)13(3)19(16)9-10-21-5/h7-8,11H,6,9-10H2,1-5H3. The number of hydrogen-bond acceptors (Lipinski definition) is 2. The summed E-state index contributed by atoms with van der Waals surface area (Å²) in [5, 5.41) is 1.15. The van der Waals surface area contributed by atoms with E-state index < -0.39 is 0 Å². The fourth-order valence-electron chi connectivity index (χ4n) is 2.62. The van der Waals surface area contributed by atoms with Crippen LogP contribution < -0.4 is 0 Å². The minimum atomic E-state index is 0.0705. The molecule has 4 heteroatoms. The first-order valence-electron chi connectivity index (χ1n) is 7.35. The van der Waals surface area contributed by atoms with Crippen LogP contribution in [0.2, 0.25) is 0 Å². The molecule has 0 saturated heterocycles. The molecule has 114 valence electrons. The monoisotopic (exact) mass is 288 g/mol. The van der Waals surface area contributed by atoms with Crippen molar-refractivity contribution >= 4 is 16.8 Å². The number of aromatic nitrogens is 1. The van der Waals surface area contributed by atoms with Crippen LogP contribution in [0.25, 0.3) is 10.9 Å². The first-order chi connectivity index (χ1) is 10.0. The zero-order chi connectivity index (χ0) is 15.6. The Bertz CT molecular complexity index is 658. The number of aryl methyl sites for hydroxylation is 1. The van der Waals surface area contributed by atoms with Crippen molar-refractivity contribution in [2.45, 2.75) is 27.3 Å². The molecule has 0 N–H and O–H groups in total. The zero-order valence-electron chi connectivity index (χ0n) is 13.6. The second-order valence-corrected chi connectivity index (χ2v) is 5.41. The van der Waals surface area contributed by atoms with Gasteiger partial charge in [-0.05, 0) is 44.5 Å². The second kappa shape index (κ2) is 6.31. The van der Waals surface area contributed by atoms with Gasteiger partial charge in [0.15, 0.2) is 0 Å². The molecule has 0 atom stereocenters. The molecule has 0 spiro atoms. The van der Waals surface area contributed by atoms with Crippen LogP contribution in [-0.4, -0.2) is 42.7 Å². The number of benzene rings is 1. The highest BCUT2D eigenvalue weighted by atomic mass is 16.5. The summed E-state index contributed by atoms with van der Waals surface area (Å²) in [7, 11) is 3.54. The summed E-state index contributed by atoms with van der Waals surface area (Å²) in [5.74, 6) is 0.0705. The summed E-state index contributed by atoms with van der Waals surface area (Å²) < 4.78 is 7.44. The van der Waals surface area contributed by atoms with Crippen LogP contribution in [0.1, 0.15) is 28.5 Å². The fourth-order valence-corrected chi connectivity index (χ4v) is 2.62. The maximum Gasteiger partial charge on any atom is 0.253 e. The van der Waals surface area contributed by atoms with Crippen molar-refractivity contribution in [3.63, 3.8) is 0 Å². The molecular formula is C17H24N2O2. The van der Waals surface area contributed by atoms with Crippen LogP contribution in [0.3, 0.4) is 0 Å². The quantitative estimate of drug-likeness (QED) is 0.847. The Kier molecular flexibility index (Phi) is 4.68. The average Bonchev–Trinajstić information content (AvgIpc) is 2.75. The number of carbonyl (C=O) groups is 1. The molecule has 2 aromatic rings. The van der Waals surface area contributed by atoms with Crippen molar-refractivity contribution in [3.05, 3.63) is 35.0 Å². The van der Waals surface area contributed by atoms with Crippen molar-refractivity contribution in [2.24, 2.45) is 0 Å². The second-order valence-electron chi connectivity index (χ2n) is 5.41. The normalized spacial score (nSPS) is 11.1. The first-order valence-corrected chi connectivity index (χ1v) is 7.35. The Morgan fingerprint density at radius 1 is 1.33 bits per heavy atom. The van der Waals surface area contributed by atoms with Gasteiger partial charge in [-0.2, -0.15) is 0 Å². The van der Waals surface area contributed by atoms with Crippen molar-refractivity contribution in [2.75, 3.05) is 27.3 Å². The highest BCUT2D eigenvalue weighted by molar-refractivity contribution is 5.99. The number of fused-ring (bicyclic) bond motifs is 1. The number of hydrogen-bond donors (Lipinski definition) is 0. The van der Waals surface area contributed by atoms with Gasteiger partial charge >= 0.3 is 0 Å². The predicted molar refractivity (Wildman–Crippen MR) is 85.9 cm³/mol. The maximum atomic E-state index is 12.3. The van der Waals surface area contributed by atoms with Crippen molar-refractivity contribution in [1.29, 1.82) is 0 Å². The lowest BCUT2D eigenvalue weighted by molar-refractivity contribution is 0.0802. The molecule has 0 radical (unpaired) electrons. The third-order valence-electron chi connectivity index (χ3n) is 4.23. The minimum absolute atomic E-state index is 0.0705. The lowest BCUT2D eigenvalue weighted by Gasteiger charge is -2.14. The molecule has 1 amide bonds. The van der Waals surface area contributed by atoms with E-state index in [4.69, 9.17) is 4.74 Å². The van der Waals surface area contributed by atoms with Gasteiger partial charge in [-0.15, -0.1) is 0 Å². The number of carbonyl (C=O) groups excluding carboxylic acids is 1. The first kappa shape index (κ1) is 15.6. The smallest absolute Gasteiger partial charge is 0.253 e. The van der Waals surface area contributed by atoms with Gasteiger partial charge in [-0.25, -0.2) is 0 Å². The van der Waals surface area contributed by atoms with E-state index in [0.717, 1.165) is 23.0 Å². The third-order valence-corrected chi connectivity index (χ3v) is 4.23. The molecule has 1 heterocycles. The predicted octanol–water partition coefficient (Wildman–Crippen LogP) is 3.00. The van der Waals surface area contributed by atoms with Gasteiger partial charge in [0, 0.05) is 49.4 Å². The Labute approximate surface area is 126 Å². The zero-order valence-corrected chi connectivity index (χ0v) is 13.6. The Morgan fingerprint density at radius 2 is 2.05 bits per heavy atom. The average molecular weight is 288 g/mol. The molecule has 0 aliphatic rings. The molecule has 0 fully saturated rings. The Balaban J connectivity index is 2.49. The molecule has 0 bridgehead atoms. The highest BCUT2D eigenvalue weighted by Crippen LogP contribution is 2.26. The van der Waals surface area contributed by atoms with Crippen LogP contribution in [0.15, 0.2) is 18.2 Å². The van der Waals surface area contributed by atoms with Crippen LogP contribution in [0.4, 0.5) is 0 Å². The molecule has 0 unspecified atom stereocenters. The molecule has 4 nitrogen and oxygen atoms in total. The summed E-state index contributed by atoms with van der Waals surface area (Å²) in [5.41, 5.74) is 4.38. The van der Waals surface area contributed by atoms with Gasteiger partial charge in [0.05, 0.1) is 6.61 Å². The number of rotatable bonds is 5. The summed E-state index contributed by atoms with van der Waals surface area (Å²) in [6.07, 6.45) is 0. The highest BCUT2D eigenvalue weighted by Gasteiger charge is 2.15. The third kappa shape index (κ3) is 2.81. The lowest BCUT2D eigenvalue weighted by atomic mass is 10.1. The van der Waals surface area contributed by atoms with Crippen LogP contribution >= 0.6 is 0 Å². The van der Waals surface area contributed by atoms with Crippen molar-refractivity contribution < 1.29 is 9.53 Å². The molecule has 0 aliphatic carbocycles. The van der Waals surface area contributed by atoms with Crippen LogP contribution in [0, 0.1) is 13.8 Å². The van der Waals surface area contributed by atoms with Gasteiger partial charge in [0.2, 0.25) is 0 Å². The van der Waals surface area contributed by atoms with Gasteiger partial charge < -0.3 is 14.2 Å². The lowest BCUT2D eigenvalue weighted by Crippen LogP contribution is -2.26. The van der Waals surface area contributed by atoms with E-state index in [1.54, 1.807) is 12.0 Å². The number of ether oxygens (including phenoxy) is 1. The molecule has 0 saturated carbocycles. The summed E-state index contributed by atoms with van der Waals surface area (Å²) in [6.45, 7) is 8.43. The van der Waals surface area contributed by atoms with E-state index in [1.807, 2.05) is 32.2 Å². The van der Waals surface area contributed by atoms with Crippen molar-refractivity contribution in [3.8, 4) is 0 Å². The molecule has 1 aromatic heterocycles. The molecule has 21 heavy (non-hydrogen) atoms. The minimum Gasteiger partial charge on any atom is -0.383 e. The molecule has 0 aliphatic heterocycles. The van der Waals surface area contributed by atoms with E-state index in [-0.39, 0.29) is 5.91 Å². The summed E-state index contributed by atoms with van der Waals surface area (Å²) >= 11 is 0. The molecule has 2 rings (SSSR count). The van der Waals surface area contributed by atoms with Gasteiger partial charge in [-0.3, -0.25) is 4.79 Å². The Morgan fingerprint density at radius 3 is 2.67 bits per heavy atom. The molecular weight excluding hydrogens is 264 g/mol. The summed E-state index contributed by atoms with van der Waals surface area (Å²) in [4.78, 5) is 14.0. The van der Waals surface area contributed by atoms with Gasteiger partial charge in [0.1, 0.15) is 0 Å².